The van der Waals surface area contributed by atoms with Gasteiger partial charge in [0.1, 0.15) is 11.5 Å². The van der Waals surface area contributed by atoms with Gasteiger partial charge >= 0.3 is 6.03 Å². The molecule has 0 saturated heterocycles. The minimum absolute atomic E-state index is 0.181. The molecule has 0 atom stereocenters. The molecule has 2 amide bonds. The number of urea groups is 1. The zero-order valence-corrected chi connectivity index (χ0v) is 17.0. The normalized spacial score (nSPS) is 10.2. The number of carbonyl (C=O) groups is 2. The van der Waals surface area contributed by atoms with Crippen LogP contribution >= 0.6 is 0 Å². The third-order valence-electron chi connectivity index (χ3n) is 4.51. The molecule has 0 radical (unpaired) electrons. The third-order valence-corrected chi connectivity index (χ3v) is 4.51. The number of rotatable bonds is 3. The van der Waals surface area contributed by atoms with Crippen molar-refractivity contribution in [3.8, 4) is 22.4 Å². The van der Waals surface area contributed by atoms with Crippen LogP contribution in [-0.2, 0) is 4.79 Å². The molecule has 0 fully saturated rings. The molecule has 0 aliphatic heterocycles. The average Bonchev–Trinajstić information content (AvgIpc) is 3.18. The Bertz CT molecular complexity index is 1200. The van der Waals surface area contributed by atoms with E-state index in [0.29, 0.717) is 5.69 Å². The lowest BCUT2D eigenvalue weighted by Gasteiger charge is -2.12. The summed E-state index contributed by atoms with van der Waals surface area (Å²) in [6.45, 7) is -0.250. The number of pyridine rings is 1. The summed E-state index contributed by atoms with van der Waals surface area (Å²) in [5.41, 5.74) is 5.27. The van der Waals surface area contributed by atoms with Gasteiger partial charge in [0, 0.05) is 31.5 Å². The molecule has 4 rings (SSSR count). The molecule has 8 heteroatoms. The lowest BCUT2D eigenvalue weighted by Crippen LogP contribution is -2.27. The average molecular weight is 420 g/mol. The Morgan fingerprint density at radius 3 is 2.45 bits per heavy atom. The van der Waals surface area contributed by atoms with Crippen LogP contribution in [0.15, 0.2) is 73.1 Å². The van der Waals surface area contributed by atoms with Gasteiger partial charge in [0.25, 0.3) is 6.47 Å². The molecule has 0 bridgehead atoms. The predicted octanol–water partition coefficient (Wildman–Crippen LogP) is 4.60. The topological polar surface area (TPSA) is 86.9 Å². The number of carboxylic acid groups (broad SMARTS) is 1. The van der Waals surface area contributed by atoms with Crippen LogP contribution in [0.2, 0.25) is 0 Å². The highest BCUT2D eigenvalue weighted by atomic mass is 19.1. The van der Waals surface area contributed by atoms with Crippen molar-refractivity contribution in [2.24, 2.45) is 0 Å². The number of hydrogen-bond donors (Lipinski definition) is 2. The van der Waals surface area contributed by atoms with E-state index >= 15 is 0 Å². The quantitative estimate of drug-likeness (QED) is 0.474. The van der Waals surface area contributed by atoms with Gasteiger partial charge in [-0.05, 0) is 47.5 Å². The number of benzene rings is 2. The monoisotopic (exact) mass is 420 g/mol. The number of fused-ring (bicyclic) bond motifs is 1. The van der Waals surface area contributed by atoms with Crippen LogP contribution in [0, 0.1) is 5.82 Å². The minimum atomic E-state index is -0.255. The van der Waals surface area contributed by atoms with Gasteiger partial charge in [-0.15, -0.1) is 0 Å². The fourth-order valence-electron chi connectivity index (χ4n) is 3.01. The Morgan fingerprint density at radius 1 is 1.06 bits per heavy atom. The smallest absolute Gasteiger partial charge is 0.321 e. The lowest BCUT2D eigenvalue weighted by atomic mass is 10.1. The van der Waals surface area contributed by atoms with Gasteiger partial charge in [-0.2, -0.15) is 0 Å². The molecule has 0 spiro atoms. The van der Waals surface area contributed by atoms with E-state index in [0.717, 1.165) is 28.0 Å². The third kappa shape index (κ3) is 5.05. The number of anilines is 1. The number of carbonyl (C=O) groups excluding carboxylic acids is 1. The summed E-state index contributed by atoms with van der Waals surface area (Å²) in [7, 11) is 3.39. The number of imidazole rings is 1. The van der Waals surface area contributed by atoms with E-state index in [1.165, 1.54) is 17.0 Å². The first kappa shape index (κ1) is 21.5. The van der Waals surface area contributed by atoms with Crippen LogP contribution in [0.1, 0.15) is 0 Å². The van der Waals surface area contributed by atoms with Crippen molar-refractivity contribution in [1.82, 2.24) is 14.3 Å². The maximum Gasteiger partial charge on any atom is 0.321 e. The summed E-state index contributed by atoms with van der Waals surface area (Å²) in [6, 6.07) is 17.8. The van der Waals surface area contributed by atoms with Crippen LogP contribution in [-0.4, -0.2) is 46.0 Å². The van der Waals surface area contributed by atoms with E-state index in [4.69, 9.17) is 9.90 Å². The molecule has 7 nitrogen and oxygen atoms in total. The van der Waals surface area contributed by atoms with Crippen LogP contribution in [0.25, 0.3) is 28.0 Å². The zero-order chi connectivity index (χ0) is 22.4. The van der Waals surface area contributed by atoms with Crippen molar-refractivity contribution in [2.45, 2.75) is 0 Å². The first-order valence-corrected chi connectivity index (χ1v) is 9.32. The van der Waals surface area contributed by atoms with Gasteiger partial charge in [-0.25, -0.2) is 14.2 Å². The summed E-state index contributed by atoms with van der Waals surface area (Å²) < 4.78 is 15.1. The van der Waals surface area contributed by atoms with Crippen LogP contribution in [0.3, 0.4) is 0 Å². The summed E-state index contributed by atoms with van der Waals surface area (Å²) in [4.78, 5) is 26.2. The molecular weight excluding hydrogens is 399 g/mol. The fraction of sp³-hybridized carbons (Fsp3) is 0.0870. The highest BCUT2D eigenvalue weighted by Crippen LogP contribution is 2.27. The van der Waals surface area contributed by atoms with Crippen molar-refractivity contribution in [3.05, 3.63) is 78.9 Å². The van der Waals surface area contributed by atoms with Crippen LogP contribution in [0.4, 0.5) is 14.9 Å². The second-order valence-corrected chi connectivity index (χ2v) is 6.80. The van der Waals surface area contributed by atoms with Crippen molar-refractivity contribution < 1.29 is 19.1 Å². The van der Waals surface area contributed by atoms with Gasteiger partial charge < -0.3 is 15.3 Å². The number of halogens is 1. The Kier molecular flexibility index (Phi) is 6.61. The molecule has 2 aromatic heterocycles. The van der Waals surface area contributed by atoms with Gasteiger partial charge in [0.2, 0.25) is 0 Å². The molecule has 2 heterocycles. The van der Waals surface area contributed by atoms with E-state index in [-0.39, 0.29) is 18.3 Å². The van der Waals surface area contributed by atoms with Gasteiger partial charge in [0.05, 0.1) is 11.9 Å². The zero-order valence-electron chi connectivity index (χ0n) is 17.0. The highest BCUT2D eigenvalue weighted by Gasteiger charge is 2.10. The Labute approximate surface area is 178 Å². The lowest BCUT2D eigenvalue weighted by molar-refractivity contribution is -0.122. The number of aromatic nitrogens is 2. The number of hydrogen-bond acceptors (Lipinski definition) is 3. The van der Waals surface area contributed by atoms with Gasteiger partial charge in [0.15, 0.2) is 0 Å². The summed E-state index contributed by atoms with van der Waals surface area (Å²) in [5.74, 6) is -0.255. The first-order chi connectivity index (χ1) is 14.9. The summed E-state index contributed by atoms with van der Waals surface area (Å²) in [5, 5.41) is 9.74. The van der Waals surface area contributed by atoms with E-state index in [9.17, 15) is 9.18 Å². The van der Waals surface area contributed by atoms with Crippen molar-refractivity contribution in [2.75, 3.05) is 19.4 Å². The molecule has 0 saturated carbocycles. The maximum absolute atomic E-state index is 13.2. The van der Waals surface area contributed by atoms with Crippen LogP contribution in [0.5, 0.6) is 0 Å². The van der Waals surface area contributed by atoms with E-state index in [1.54, 1.807) is 32.4 Å². The Balaban J connectivity index is 0.000000858. The molecular formula is C23H21FN4O3. The van der Waals surface area contributed by atoms with E-state index < -0.39 is 0 Å². The molecule has 4 aromatic rings. The molecule has 2 aromatic carbocycles. The minimum Gasteiger partial charge on any atom is -0.483 e. The molecule has 0 aliphatic rings. The molecule has 0 unspecified atom stereocenters. The van der Waals surface area contributed by atoms with Gasteiger partial charge in [-0.1, -0.05) is 24.3 Å². The molecule has 158 valence electrons. The van der Waals surface area contributed by atoms with Gasteiger partial charge in [-0.3, -0.25) is 9.20 Å². The second kappa shape index (κ2) is 9.53. The Hall–Kier alpha value is -4.20. The number of nitrogens with one attached hydrogen (secondary N) is 1. The van der Waals surface area contributed by atoms with Crippen molar-refractivity contribution in [3.63, 3.8) is 0 Å². The molecule has 0 aliphatic carbocycles. The summed E-state index contributed by atoms with van der Waals surface area (Å²) >= 11 is 0. The maximum atomic E-state index is 13.2. The van der Waals surface area contributed by atoms with Crippen molar-refractivity contribution in [1.29, 1.82) is 0 Å². The standard InChI is InChI=1S/C22H19FN4O.CH2O2/c1-26(2)22(28)25-19-5-3-4-17(12-19)20-14-24-21-13-16(10-11-27(20)21)15-6-8-18(23)9-7-15;2-1-3/h3-14H,1-2H3,(H,25,28);1H,(H,2,3). The van der Waals surface area contributed by atoms with E-state index in [2.05, 4.69) is 10.3 Å². The Morgan fingerprint density at radius 2 is 1.77 bits per heavy atom. The fourth-order valence-corrected chi connectivity index (χ4v) is 3.01. The highest BCUT2D eigenvalue weighted by molar-refractivity contribution is 5.89. The summed E-state index contributed by atoms with van der Waals surface area (Å²) in [6.07, 6.45) is 3.75. The van der Waals surface area contributed by atoms with Crippen LogP contribution < -0.4 is 5.32 Å². The first-order valence-electron chi connectivity index (χ1n) is 9.32. The van der Waals surface area contributed by atoms with E-state index in [1.807, 2.05) is 47.0 Å². The number of amides is 2. The van der Waals surface area contributed by atoms with Crippen molar-refractivity contribution >= 4 is 23.8 Å². The second-order valence-electron chi connectivity index (χ2n) is 6.80. The molecule has 2 N–H and O–H groups in total. The molecule has 31 heavy (non-hydrogen) atoms. The predicted molar refractivity (Wildman–Crippen MR) is 117 cm³/mol. The number of nitrogens with zero attached hydrogens (tertiary/aromatic N) is 3. The SMILES string of the molecule is CN(C)C(=O)Nc1cccc(-c2cnc3cc(-c4ccc(F)cc4)ccn23)c1.O=CO. The largest absolute Gasteiger partial charge is 0.483 e.